The largest absolute Gasteiger partial charge is 0.398 e. The summed E-state index contributed by atoms with van der Waals surface area (Å²) in [7, 11) is -3.59. The Morgan fingerprint density at radius 3 is 2.60 bits per heavy atom. The molecule has 1 heterocycles. The van der Waals surface area contributed by atoms with Crippen LogP contribution in [0.5, 0.6) is 0 Å². The number of aryl methyl sites for hydroxylation is 1. The van der Waals surface area contributed by atoms with Gasteiger partial charge in [-0.05, 0) is 45.4 Å². The summed E-state index contributed by atoms with van der Waals surface area (Å²) in [6, 6.07) is 5.02. The molecule has 2 N–H and O–H groups in total. The number of nitrogens with zero attached hydrogens (tertiary/aromatic N) is 1. The fourth-order valence-electron chi connectivity index (χ4n) is 2.62. The maximum Gasteiger partial charge on any atom is 0.245 e. The number of nitrogen functional groups attached to an aromatic ring is 1. The van der Waals surface area contributed by atoms with Crippen LogP contribution in [0.3, 0.4) is 0 Å². The molecule has 0 bridgehead atoms. The molecule has 1 aliphatic rings. The molecule has 1 saturated heterocycles. The third-order valence-electron chi connectivity index (χ3n) is 3.32. The van der Waals surface area contributed by atoms with Crippen molar-refractivity contribution in [2.45, 2.75) is 44.3 Å². The van der Waals surface area contributed by atoms with Crippen LogP contribution >= 0.6 is 0 Å². The van der Waals surface area contributed by atoms with E-state index in [4.69, 9.17) is 10.5 Å². The molecule has 1 aromatic rings. The Morgan fingerprint density at radius 2 is 2.05 bits per heavy atom. The number of hydrogen-bond acceptors (Lipinski definition) is 4. The number of morpholine rings is 1. The number of hydrogen-bond donors (Lipinski definition) is 1. The van der Waals surface area contributed by atoms with Crippen LogP contribution in [0.2, 0.25) is 0 Å². The second-order valence-corrected chi connectivity index (χ2v) is 7.93. The van der Waals surface area contributed by atoms with Crippen molar-refractivity contribution in [1.82, 2.24) is 4.31 Å². The maximum atomic E-state index is 12.7. The summed E-state index contributed by atoms with van der Waals surface area (Å²) >= 11 is 0. The number of benzene rings is 1. The van der Waals surface area contributed by atoms with Crippen LogP contribution in [0.4, 0.5) is 5.69 Å². The van der Waals surface area contributed by atoms with E-state index in [0.29, 0.717) is 18.8 Å². The molecule has 1 atom stereocenters. The molecule has 0 aliphatic carbocycles. The number of ether oxygens (including phenoxy) is 1. The first kappa shape index (κ1) is 15.3. The fraction of sp³-hybridized carbons (Fsp3) is 0.571. The summed E-state index contributed by atoms with van der Waals surface area (Å²) < 4.78 is 32.7. The molecule has 5 nitrogen and oxygen atoms in total. The van der Waals surface area contributed by atoms with Gasteiger partial charge in [0.1, 0.15) is 4.90 Å². The summed E-state index contributed by atoms with van der Waals surface area (Å²) in [5, 5.41) is 0. The topological polar surface area (TPSA) is 72.6 Å². The zero-order valence-corrected chi connectivity index (χ0v) is 13.2. The van der Waals surface area contributed by atoms with Crippen LogP contribution in [-0.4, -0.2) is 37.5 Å². The van der Waals surface area contributed by atoms with Crippen LogP contribution < -0.4 is 5.73 Å². The first-order valence-corrected chi connectivity index (χ1v) is 8.10. The molecule has 6 heteroatoms. The highest BCUT2D eigenvalue weighted by molar-refractivity contribution is 7.89. The van der Waals surface area contributed by atoms with E-state index >= 15 is 0 Å². The van der Waals surface area contributed by atoms with Gasteiger partial charge in [0.2, 0.25) is 10.0 Å². The fourth-order valence-corrected chi connectivity index (χ4v) is 4.38. The van der Waals surface area contributed by atoms with Crippen molar-refractivity contribution in [2.24, 2.45) is 0 Å². The van der Waals surface area contributed by atoms with Gasteiger partial charge in [-0.1, -0.05) is 6.07 Å². The van der Waals surface area contributed by atoms with E-state index in [1.54, 1.807) is 18.2 Å². The van der Waals surface area contributed by atoms with E-state index in [2.05, 4.69) is 0 Å². The molecule has 0 aromatic heterocycles. The van der Waals surface area contributed by atoms with E-state index in [1.165, 1.54) is 4.31 Å². The molecule has 0 spiro atoms. The molecular weight excluding hydrogens is 276 g/mol. The highest BCUT2D eigenvalue weighted by Crippen LogP contribution is 2.29. The Bertz CT molecular complexity index is 611. The zero-order chi connectivity index (χ0) is 15.1. The molecular formula is C14H22N2O3S. The third-order valence-corrected chi connectivity index (χ3v) is 5.21. The van der Waals surface area contributed by atoms with Gasteiger partial charge in [0.05, 0.1) is 17.4 Å². The van der Waals surface area contributed by atoms with E-state index < -0.39 is 15.6 Å². The average molecular weight is 298 g/mol. The van der Waals surface area contributed by atoms with E-state index in [1.807, 2.05) is 27.7 Å². The van der Waals surface area contributed by atoms with Crippen molar-refractivity contribution in [1.29, 1.82) is 0 Å². The van der Waals surface area contributed by atoms with Crippen LogP contribution in [0.25, 0.3) is 0 Å². The van der Waals surface area contributed by atoms with Crippen molar-refractivity contribution in [3.05, 3.63) is 23.8 Å². The normalized spacial score (nSPS) is 23.7. The van der Waals surface area contributed by atoms with Gasteiger partial charge < -0.3 is 10.5 Å². The number of sulfonamides is 1. The summed E-state index contributed by atoms with van der Waals surface area (Å²) in [5.41, 5.74) is 6.62. The monoisotopic (exact) mass is 298 g/mol. The van der Waals surface area contributed by atoms with Crippen molar-refractivity contribution in [3.63, 3.8) is 0 Å². The lowest BCUT2D eigenvalue weighted by Crippen LogP contribution is -2.53. The number of anilines is 1. The van der Waals surface area contributed by atoms with Gasteiger partial charge in [-0.2, -0.15) is 4.31 Å². The van der Waals surface area contributed by atoms with Gasteiger partial charge in [-0.3, -0.25) is 0 Å². The summed E-state index contributed by atoms with van der Waals surface area (Å²) in [4.78, 5) is 0.174. The van der Waals surface area contributed by atoms with Crippen LogP contribution in [0.15, 0.2) is 23.1 Å². The molecule has 1 aliphatic heterocycles. The van der Waals surface area contributed by atoms with E-state index in [-0.39, 0.29) is 11.0 Å². The van der Waals surface area contributed by atoms with E-state index in [0.717, 1.165) is 5.56 Å². The highest BCUT2D eigenvalue weighted by atomic mass is 32.2. The molecule has 112 valence electrons. The lowest BCUT2D eigenvalue weighted by molar-refractivity contribution is -0.109. The predicted octanol–water partition coefficient (Wildman–Crippen LogP) is 1.77. The van der Waals surface area contributed by atoms with Crippen molar-refractivity contribution >= 4 is 15.7 Å². The zero-order valence-electron chi connectivity index (χ0n) is 12.4. The highest BCUT2D eigenvalue weighted by Gasteiger charge is 2.38. The Morgan fingerprint density at radius 1 is 1.40 bits per heavy atom. The predicted molar refractivity (Wildman–Crippen MR) is 79.0 cm³/mol. The second kappa shape index (κ2) is 5.02. The molecule has 0 saturated carbocycles. The molecule has 1 aromatic carbocycles. The average Bonchev–Trinajstić information content (AvgIpc) is 2.25. The SMILES string of the molecule is Cc1ccc(S(=O)(=O)N2CC(C)OC(C)(C)C2)c(N)c1. The van der Waals surface area contributed by atoms with Gasteiger partial charge in [0.15, 0.2) is 0 Å². The summed E-state index contributed by atoms with van der Waals surface area (Å²) in [6.07, 6.45) is -0.139. The van der Waals surface area contributed by atoms with Crippen LogP contribution in [0, 0.1) is 6.92 Å². The van der Waals surface area contributed by atoms with Crippen LogP contribution in [-0.2, 0) is 14.8 Å². The first-order valence-electron chi connectivity index (χ1n) is 6.66. The van der Waals surface area contributed by atoms with Gasteiger partial charge in [0, 0.05) is 13.1 Å². The summed E-state index contributed by atoms with van der Waals surface area (Å²) in [5.74, 6) is 0. The lowest BCUT2D eigenvalue weighted by atomic mass is 10.1. The second-order valence-electron chi connectivity index (χ2n) is 6.03. The third kappa shape index (κ3) is 2.97. The quantitative estimate of drug-likeness (QED) is 0.845. The molecule has 2 rings (SSSR count). The first-order chi connectivity index (χ1) is 9.12. The number of nitrogens with two attached hydrogens (primary N) is 1. The Hall–Kier alpha value is -1.11. The minimum absolute atomic E-state index is 0.139. The summed E-state index contributed by atoms with van der Waals surface area (Å²) in [6.45, 7) is 8.22. The van der Waals surface area contributed by atoms with Crippen molar-refractivity contribution < 1.29 is 13.2 Å². The Kier molecular flexibility index (Phi) is 3.83. The Balaban J connectivity index is 2.39. The lowest BCUT2D eigenvalue weighted by Gasteiger charge is -2.41. The molecule has 0 radical (unpaired) electrons. The molecule has 1 fully saturated rings. The molecule has 0 amide bonds. The maximum absolute atomic E-state index is 12.7. The van der Waals surface area contributed by atoms with Gasteiger partial charge in [-0.15, -0.1) is 0 Å². The minimum atomic E-state index is -3.59. The van der Waals surface area contributed by atoms with Gasteiger partial charge in [-0.25, -0.2) is 8.42 Å². The van der Waals surface area contributed by atoms with Crippen molar-refractivity contribution in [2.75, 3.05) is 18.8 Å². The molecule has 1 unspecified atom stereocenters. The Labute approximate surface area is 120 Å². The number of rotatable bonds is 2. The minimum Gasteiger partial charge on any atom is -0.398 e. The smallest absolute Gasteiger partial charge is 0.245 e. The van der Waals surface area contributed by atoms with Crippen molar-refractivity contribution in [3.8, 4) is 0 Å². The van der Waals surface area contributed by atoms with Crippen LogP contribution in [0.1, 0.15) is 26.3 Å². The molecule has 20 heavy (non-hydrogen) atoms. The van der Waals surface area contributed by atoms with Gasteiger partial charge >= 0.3 is 0 Å². The standard InChI is InChI=1S/C14H22N2O3S/c1-10-5-6-13(12(15)7-10)20(17,18)16-8-11(2)19-14(3,4)9-16/h5-7,11H,8-9,15H2,1-4H3. The van der Waals surface area contributed by atoms with Gasteiger partial charge in [0.25, 0.3) is 0 Å². The van der Waals surface area contributed by atoms with E-state index in [9.17, 15) is 8.42 Å².